The second-order valence-corrected chi connectivity index (χ2v) is 8.30. The van der Waals surface area contributed by atoms with Crippen molar-refractivity contribution in [2.75, 3.05) is 5.75 Å². The van der Waals surface area contributed by atoms with Crippen molar-refractivity contribution in [3.63, 3.8) is 0 Å². The van der Waals surface area contributed by atoms with E-state index in [2.05, 4.69) is 67.6 Å². The quantitative estimate of drug-likeness (QED) is 0.618. The third-order valence-electron chi connectivity index (χ3n) is 5.12. The number of carbonyl (C=O) groups excluding carboxylic acids is 1. The molecule has 3 rings (SSSR count). The van der Waals surface area contributed by atoms with Crippen LogP contribution in [0.3, 0.4) is 0 Å². The zero-order valence-electron chi connectivity index (χ0n) is 16.6. The summed E-state index contributed by atoms with van der Waals surface area (Å²) in [5, 5.41) is 3.05. The Balaban J connectivity index is 1.69. The summed E-state index contributed by atoms with van der Waals surface area (Å²) in [6.45, 7) is 8.47. The van der Waals surface area contributed by atoms with E-state index in [1.807, 2.05) is 6.92 Å². The Kier molecular flexibility index (Phi) is 6.27. The molecule has 1 aliphatic heterocycles. The fourth-order valence-electron chi connectivity index (χ4n) is 3.35. The summed E-state index contributed by atoms with van der Waals surface area (Å²) in [5.74, 6) is 0.944. The highest BCUT2D eigenvalue weighted by Gasteiger charge is 2.24. The minimum absolute atomic E-state index is 0.0428. The molecule has 0 spiro atoms. The van der Waals surface area contributed by atoms with Gasteiger partial charge in [0, 0.05) is 33.8 Å². The van der Waals surface area contributed by atoms with Crippen molar-refractivity contribution in [1.82, 2.24) is 10.3 Å². The van der Waals surface area contributed by atoms with Gasteiger partial charge in [-0.3, -0.25) is 4.79 Å². The molecule has 1 aromatic carbocycles. The number of H-pyrrole nitrogens is 1. The van der Waals surface area contributed by atoms with Gasteiger partial charge in [-0.25, -0.2) is 0 Å². The molecule has 0 radical (unpaired) electrons. The van der Waals surface area contributed by atoms with Crippen LogP contribution < -0.4 is 5.32 Å². The predicted molar refractivity (Wildman–Crippen MR) is 115 cm³/mol. The van der Waals surface area contributed by atoms with Crippen molar-refractivity contribution < 1.29 is 4.79 Å². The monoisotopic (exact) mass is 380 g/mol. The molecule has 0 fully saturated rings. The molecular weight excluding hydrogens is 352 g/mol. The molecule has 0 saturated carbocycles. The number of rotatable bonds is 7. The zero-order chi connectivity index (χ0) is 19.4. The van der Waals surface area contributed by atoms with Crippen LogP contribution >= 0.6 is 11.8 Å². The molecule has 1 aliphatic rings. The normalized spacial score (nSPS) is 15.7. The number of carbonyl (C=O) groups is 1. The van der Waals surface area contributed by atoms with Gasteiger partial charge >= 0.3 is 0 Å². The first kappa shape index (κ1) is 19.6. The van der Waals surface area contributed by atoms with E-state index in [0.29, 0.717) is 0 Å². The number of aromatic amines is 1. The van der Waals surface area contributed by atoms with E-state index in [9.17, 15) is 4.79 Å². The molecular formula is C23H28N2OS. The van der Waals surface area contributed by atoms with Crippen LogP contribution in [0.4, 0.5) is 0 Å². The lowest BCUT2D eigenvalue weighted by Crippen LogP contribution is -2.16. The van der Waals surface area contributed by atoms with E-state index in [0.717, 1.165) is 47.6 Å². The molecule has 27 heavy (non-hydrogen) atoms. The molecule has 0 aliphatic carbocycles. The van der Waals surface area contributed by atoms with Gasteiger partial charge < -0.3 is 10.3 Å². The molecule has 1 aromatic heterocycles. The molecule has 4 heteroatoms. The summed E-state index contributed by atoms with van der Waals surface area (Å²) in [6.07, 6.45) is 7.14. The van der Waals surface area contributed by atoms with Gasteiger partial charge in [0.1, 0.15) is 0 Å². The summed E-state index contributed by atoms with van der Waals surface area (Å²) in [7, 11) is 0. The van der Waals surface area contributed by atoms with Crippen LogP contribution in [-0.2, 0) is 11.2 Å². The minimum atomic E-state index is 0.0428. The second kappa shape index (κ2) is 8.66. The van der Waals surface area contributed by atoms with Crippen molar-refractivity contribution in [3.05, 3.63) is 69.7 Å². The Labute approximate surface area is 166 Å². The number of benzene rings is 1. The summed E-state index contributed by atoms with van der Waals surface area (Å²) in [4.78, 5) is 17.0. The molecule has 2 heterocycles. The van der Waals surface area contributed by atoms with E-state index < -0.39 is 0 Å². The van der Waals surface area contributed by atoms with E-state index in [1.165, 1.54) is 21.6 Å². The number of aromatic nitrogens is 1. The highest BCUT2D eigenvalue weighted by Crippen LogP contribution is 2.28. The van der Waals surface area contributed by atoms with Crippen LogP contribution in [0.2, 0.25) is 0 Å². The average molecular weight is 381 g/mol. The van der Waals surface area contributed by atoms with Gasteiger partial charge in [0.05, 0.1) is 0 Å². The van der Waals surface area contributed by atoms with Crippen molar-refractivity contribution in [2.24, 2.45) is 0 Å². The zero-order valence-corrected chi connectivity index (χ0v) is 17.4. The predicted octanol–water partition coefficient (Wildman–Crippen LogP) is 5.55. The first-order valence-electron chi connectivity index (χ1n) is 9.59. The number of thioether (sulfide) groups is 1. The lowest BCUT2D eigenvalue weighted by molar-refractivity contribution is -0.116. The van der Waals surface area contributed by atoms with E-state index in [1.54, 1.807) is 11.8 Å². The number of aryl methyl sites for hydroxylation is 2. The molecule has 1 amide bonds. The molecule has 0 saturated heterocycles. The smallest absolute Gasteiger partial charge is 0.251 e. The Morgan fingerprint density at radius 1 is 1.07 bits per heavy atom. The van der Waals surface area contributed by atoms with Gasteiger partial charge in [0.2, 0.25) is 0 Å². The molecule has 142 valence electrons. The number of hydrogen-bond donors (Lipinski definition) is 2. The van der Waals surface area contributed by atoms with Gasteiger partial charge in [-0.1, -0.05) is 31.0 Å². The third-order valence-corrected chi connectivity index (χ3v) is 6.13. The Hall–Kier alpha value is -2.20. The summed E-state index contributed by atoms with van der Waals surface area (Å²) >= 11 is 1.80. The van der Waals surface area contributed by atoms with Crippen LogP contribution in [0.5, 0.6) is 0 Å². The van der Waals surface area contributed by atoms with Crippen LogP contribution in [0.25, 0.3) is 6.08 Å². The third kappa shape index (κ3) is 4.56. The maximum absolute atomic E-state index is 12.4. The average Bonchev–Trinajstić information content (AvgIpc) is 3.12. The highest BCUT2D eigenvalue weighted by atomic mass is 32.2. The van der Waals surface area contributed by atoms with Crippen LogP contribution in [0.1, 0.15) is 49.1 Å². The molecule has 0 bridgehead atoms. The largest absolute Gasteiger partial charge is 0.361 e. The van der Waals surface area contributed by atoms with Crippen molar-refractivity contribution in [1.29, 1.82) is 0 Å². The number of allylic oxidation sites excluding steroid dienone is 1. The first-order chi connectivity index (χ1) is 13.0. The van der Waals surface area contributed by atoms with E-state index in [-0.39, 0.29) is 5.91 Å². The number of hydrogen-bond acceptors (Lipinski definition) is 2. The highest BCUT2D eigenvalue weighted by molar-refractivity contribution is 7.99. The Morgan fingerprint density at radius 2 is 1.81 bits per heavy atom. The van der Waals surface area contributed by atoms with Crippen molar-refractivity contribution in [2.45, 2.75) is 51.9 Å². The van der Waals surface area contributed by atoms with Gasteiger partial charge in [-0.05, 0) is 68.5 Å². The fraction of sp³-hybridized carbons (Fsp3) is 0.348. The van der Waals surface area contributed by atoms with Gasteiger partial charge in [-0.2, -0.15) is 0 Å². The first-order valence-corrected chi connectivity index (χ1v) is 10.6. The molecule has 0 unspecified atom stereocenters. The molecule has 0 atom stereocenters. The summed E-state index contributed by atoms with van der Waals surface area (Å²) in [5.41, 5.74) is 7.87. The van der Waals surface area contributed by atoms with E-state index >= 15 is 0 Å². The fourth-order valence-corrected chi connectivity index (χ4v) is 4.22. The van der Waals surface area contributed by atoms with Crippen molar-refractivity contribution >= 4 is 23.7 Å². The van der Waals surface area contributed by atoms with Crippen molar-refractivity contribution in [3.8, 4) is 0 Å². The number of nitrogens with one attached hydrogen (secondary N) is 2. The van der Waals surface area contributed by atoms with Gasteiger partial charge in [-0.15, -0.1) is 11.8 Å². The van der Waals surface area contributed by atoms with Gasteiger partial charge in [0.15, 0.2) is 0 Å². The summed E-state index contributed by atoms with van der Waals surface area (Å²) in [6, 6.07) is 8.54. The Bertz CT molecular complexity index is 888. The molecule has 2 N–H and O–H groups in total. The van der Waals surface area contributed by atoms with Crippen LogP contribution in [0.15, 0.2) is 52.2 Å². The lowest BCUT2D eigenvalue weighted by Gasteiger charge is -2.03. The number of amides is 1. The minimum Gasteiger partial charge on any atom is -0.361 e. The second-order valence-electron chi connectivity index (χ2n) is 7.13. The van der Waals surface area contributed by atoms with Gasteiger partial charge in [0.25, 0.3) is 5.91 Å². The standard InChI is InChI=1S/C23H28N2OS/c1-5-6-18-14-24-21(16(18)3)13-22-17(4)20(23(26)25-22)11-12-27-19-9-7-15(2)8-10-19/h7-10,13-14,24H,5-6,11-12H2,1-4H3,(H,25,26)/b22-13-. The summed E-state index contributed by atoms with van der Waals surface area (Å²) < 4.78 is 0. The maximum Gasteiger partial charge on any atom is 0.251 e. The lowest BCUT2D eigenvalue weighted by atomic mass is 10.1. The molecule has 3 nitrogen and oxygen atoms in total. The van der Waals surface area contributed by atoms with Crippen LogP contribution in [0, 0.1) is 13.8 Å². The SMILES string of the molecule is CCCc1c[nH]c(/C=C2\NC(=O)C(CCSc3ccc(C)cc3)=C2C)c1C. The van der Waals surface area contributed by atoms with Crippen LogP contribution in [-0.4, -0.2) is 16.6 Å². The topological polar surface area (TPSA) is 44.9 Å². The Morgan fingerprint density at radius 3 is 2.52 bits per heavy atom. The van der Waals surface area contributed by atoms with E-state index in [4.69, 9.17) is 0 Å². The maximum atomic E-state index is 12.4. The molecule has 2 aromatic rings.